The number of carbonyl (C=O) groups is 1. The van der Waals surface area contributed by atoms with Crippen molar-refractivity contribution in [1.82, 2.24) is 15.6 Å². The van der Waals surface area contributed by atoms with Gasteiger partial charge in [0.05, 0.1) is 0 Å². The van der Waals surface area contributed by atoms with Gasteiger partial charge in [0.15, 0.2) is 11.7 Å². The van der Waals surface area contributed by atoms with Crippen LogP contribution < -0.4 is 20.7 Å². The molecular weight excluding hydrogens is 443 g/mol. The Morgan fingerprint density at radius 3 is 2.46 bits per heavy atom. The molecule has 0 spiro atoms. The minimum atomic E-state index is -1.85. The molecule has 0 aliphatic heterocycles. The molecule has 10 heteroatoms. The van der Waals surface area contributed by atoms with Gasteiger partial charge in [-0.3, -0.25) is 4.79 Å². The maximum Gasteiger partial charge on any atom is 0.259 e. The second-order valence-electron chi connectivity index (χ2n) is 5.64. The zero-order chi connectivity index (χ0) is 20.6. The molecule has 0 fully saturated rings. The SMILES string of the molecule is CCc1ccc(OCC(=O)NC(NC(=S)Nc2ccccn2)C(Cl)(Cl)Cl)cc1. The lowest BCUT2D eigenvalue weighted by molar-refractivity contribution is -0.123. The molecule has 0 saturated carbocycles. The summed E-state index contributed by atoms with van der Waals surface area (Å²) in [6.45, 7) is 1.81. The van der Waals surface area contributed by atoms with E-state index in [-0.39, 0.29) is 11.7 Å². The van der Waals surface area contributed by atoms with Crippen LogP contribution in [0.2, 0.25) is 0 Å². The zero-order valence-electron chi connectivity index (χ0n) is 14.9. The van der Waals surface area contributed by atoms with Crippen molar-refractivity contribution in [2.24, 2.45) is 0 Å². The Labute approximate surface area is 183 Å². The van der Waals surface area contributed by atoms with Gasteiger partial charge in [-0.25, -0.2) is 4.98 Å². The highest BCUT2D eigenvalue weighted by Gasteiger charge is 2.34. The fourth-order valence-electron chi connectivity index (χ4n) is 2.09. The van der Waals surface area contributed by atoms with E-state index in [0.717, 1.165) is 6.42 Å². The molecule has 1 aromatic carbocycles. The largest absolute Gasteiger partial charge is 0.484 e. The molecule has 1 aromatic heterocycles. The van der Waals surface area contributed by atoms with Gasteiger partial charge in [-0.05, 0) is 48.5 Å². The van der Waals surface area contributed by atoms with Crippen LogP contribution in [0.25, 0.3) is 0 Å². The van der Waals surface area contributed by atoms with Crippen molar-refractivity contribution in [3.05, 3.63) is 54.2 Å². The van der Waals surface area contributed by atoms with Crippen LogP contribution in [0.15, 0.2) is 48.7 Å². The third-order valence-corrected chi connectivity index (χ3v) is 4.39. The van der Waals surface area contributed by atoms with Crippen LogP contribution in [0.4, 0.5) is 5.82 Å². The van der Waals surface area contributed by atoms with Gasteiger partial charge < -0.3 is 20.7 Å². The summed E-state index contributed by atoms with van der Waals surface area (Å²) < 4.78 is 3.60. The Morgan fingerprint density at radius 2 is 1.89 bits per heavy atom. The van der Waals surface area contributed by atoms with Crippen LogP contribution in [0, 0.1) is 0 Å². The third kappa shape index (κ3) is 7.67. The van der Waals surface area contributed by atoms with E-state index in [1.807, 2.05) is 12.1 Å². The lowest BCUT2D eigenvalue weighted by Gasteiger charge is -2.27. The standard InChI is InChI=1S/C18H19Cl3N4O2S/c1-2-12-6-8-13(9-7-12)27-11-15(26)24-16(18(19,20)21)25-17(28)23-14-5-3-4-10-22-14/h3-10,16H,2,11H2,1H3,(H,24,26)(H2,22,23,25,28). The van der Waals surface area contributed by atoms with Gasteiger partial charge in [0.2, 0.25) is 3.79 Å². The van der Waals surface area contributed by atoms with Crippen LogP contribution in [-0.2, 0) is 11.2 Å². The van der Waals surface area contributed by atoms with Gasteiger partial charge >= 0.3 is 0 Å². The normalized spacial score (nSPS) is 12.0. The maximum absolute atomic E-state index is 12.2. The van der Waals surface area contributed by atoms with Crippen molar-refractivity contribution in [2.75, 3.05) is 11.9 Å². The van der Waals surface area contributed by atoms with E-state index >= 15 is 0 Å². The molecule has 1 unspecified atom stereocenters. The number of nitrogens with zero attached hydrogens (tertiary/aromatic N) is 1. The number of aromatic nitrogens is 1. The number of thiocarbonyl (C=S) groups is 1. The number of alkyl halides is 3. The number of carbonyl (C=O) groups excluding carboxylic acids is 1. The number of aryl methyl sites for hydroxylation is 1. The number of halogens is 3. The first-order valence-electron chi connectivity index (χ1n) is 8.34. The number of anilines is 1. The Kier molecular flexibility index (Phi) is 8.57. The molecule has 0 bridgehead atoms. The van der Waals surface area contributed by atoms with Crippen molar-refractivity contribution in [1.29, 1.82) is 0 Å². The second-order valence-corrected chi connectivity index (χ2v) is 8.42. The Hall–Kier alpha value is -1.80. The molecule has 0 saturated heterocycles. The molecule has 150 valence electrons. The summed E-state index contributed by atoms with van der Waals surface area (Å²) in [6.07, 6.45) is 1.44. The molecule has 1 amide bonds. The number of benzene rings is 1. The first kappa shape index (κ1) is 22.5. The van der Waals surface area contributed by atoms with E-state index in [1.54, 1.807) is 36.5 Å². The zero-order valence-corrected chi connectivity index (χ0v) is 18.0. The first-order valence-corrected chi connectivity index (χ1v) is 9.88. The summed E-state index contributed by atoms with van der Waals surface area (Å²) in [5.41, 5.74) is 1.17. The molecule has 1 heterocycles. The number of rotatable bonds is 7. The van der Waals surface area contributed by atoms with E-state index in [4.69, 9.17) is 51.8 Å². The molecule has 0 aliphatic carbocycles. The molecular formula is C18H19Cl3N4O2S. The van der Waals surface area contributed by atoms with Gasteiger partial charge in [-0.2, -0.15) is 0 Å². The maximum atomic E-state index is 12.2. The molecule has 2 aromatic rings. The summed E-state index contributed by atoms with van der Waals surface area (Å²) in [5.74, 6) is 0.593. The highest BCUT2D eigenvalue weighted by molar-refractivity contribution is 7.80. The lowest BCUT2D eigenvalue weighted by atomic mass is 10.2. The number of pyridine rings is 1. The minimum absolute atomic E-state index is 0.131. The van der Waals surface area contributed by atoms with Gasteiger partial charge in [0.25, 0.3) is 5.91 Å². The monoisotopic (exact) mass is 460 g/mol. The van der Waals surface area contributed by atoms with Gasteiger partial charge in [-0.1, -0.05) is 59.9 Å². The third-order valence-electron chi connectivity index (χ3n) is 3.52. The number of hydrogen-bond donors (Lipinski definition) is 3. The molecule has 1 atom stereocenters. The van der Waals surface area contributed by atoms with Crippen LogP contribution in [0.1, 0.15) is 12.5 Å². The van der Waals surface area contributed by atoms with E-state index in [0.29, 0.717) is 11.6 Å². The average Bonchev–Trinajstić information content (AvgIpc) is 2.66. The van der Waals surface area contributed by atoms with Crippen LogP contribution in [0.5, 0.6) is 5.75 Å². The van der Waals surface area contributed by atoms with Crippen LogP contribution in [-0.4, -0.2) is 32.6 Å². The predicted molar refractivity (Wildman–Crippen MR) is 117 cm³/mol. The fraction of sp³-hybridized carbons (Fsp3) is 0.278. The number of amides is 1. The second kappa shape index (κ2) is 10.7. The Balaban J connectivity index is 1.89. The van der Waals surface area contributed by atoms with Gasteiger partial charge in [0, 0.05) is 6.20 Å². The molecule has 6 nitrogen and oxygen atoms in total. The molecule has 0 aliphatic rings. The Bertz CT molecular complexity index is 786. The van der Waals surface area contributed by atoms with Crippen molar-refractivity contribution in [3.63, 3.8) is 0 Å². The predicted octanol–water partition coefficient (Wildman–Crippen LogP) is 3.82. The number of nitrogens with one attached hydrogen (secondary N) is 3. The first-order chi connectivity index (χ1) is 13.3. The Morgan fingerprint density at radius 1 is 1.18 bits per heavy atom. The summed E-state index contributed by atoms with van der Waals surface area (Å²) in [4.78, 5) is 16.3. The summed E-state index contributed by atoms with van der Waals surface area (Å²) in [6, 6.07) is 12.7. The van der Waals surface area contributed by atoms with Crippen LogP contribution in [0.3, 0.4) is 0 Å². The molecule has 2 rings (SSSR count). The van der Waals surface area contributed by atoms with Crippen molar-refractivity contribution >= 4 is 63.9 Å². The highest BCUT2D eigenvalue weighted by atomic mass is 35.6. The smallest absolute Gasteiger partial charge is 0.259 e. The average molecular weight is 462 g/mol. The molecule has 28 heavy (non-hydrogen) atoms. The number of hydrogen-bond acceptors (Lipinski definition) is 4. The quantitative estimate of drug-likeness (QED) is 0.331. The summed E-state index contributed by atoms with van der Waals surface area (Å²) in [5, 5.41) is 8.26. The minimum Gasteiger partial charge on any atom is -0.484 e. The van der Waals surface area contributed by atoms with E-state index in [1.165, 1.54) is 5.56 Å². The van der Waals surface area contributed by atoms with Crippen molar-refractivity contribution < 1.29 is 9.53 Å². The van der Waals surface area contributed by atoms with Gasteiger partial charge in [0.1, 0.15) is 17.7 Å². The van der Waals surface area contributed by atoms with Gasteiger partial charge in [-0.15, -0.1) is 0 Å². The summed E-state index contributed by atoms with van der Waals surface area (Å²) in [7, 11) is 0. The van der Waals surface area contributed by atoms with Crippen molar-refractivity contribution in [3.8, 4) is 5.75 Å². The van der Waals surface area contributed by atoms with E-state index < -0.39 is 15.9 Å². The lowest BCUT2D eigenvalue weighted by Crippen LogP contribution is -2.57. The number of ether oxygens (including phenoxy) is 1. The van der Waals surface area contributed by atoms with E-state index in [2.05, 4.69) is 27.9 Å². The van der Waals surface area contributed by atoms with Crippen LogP contribution >= 0.6 is 47.0 Å². The van der Waals surface area contributed by atoms with Crippen molar-refractivity contribution in [2.45, 2.75) is 23.3 Å². The molecule has 3 N–H and O–H groups in total. The van der Waals surface area contributed by atoms with E-state index in [9.17, 15) is 4.79 Å². The highest BCUT2D eigenvalue weighted by Crippen LogP contribution is 2.29. The molecule has 0 radical (unpaired) electrons. The topological polar surface area (TPSA) is 75.3 Å². The fourth-order valence-corrected chi connectivity index (χ4v) is 2.64. The summed E-state index contributed by atoms with van der Waals surface area (Å²) >= 11 is 23.0.